The van der Waals surface area contributed by atoms with Crippen molar-refractivity contribution in [3.8, 4) is 0 Å². The molecule has 0 aliphatic carbocycles. The fraction of sp³-hybridized carbons (Fsp3) is 0.381. The van der Waals surface area contributed by atoms with Crippen LogP contribution < -0.4 is 5.32 Å². The molecule has 1 aromatic carbocycles. The minimum absolute atomic E-state index is 0.102. The highest BCUT2D eigenvalue weighted by Crippen LogP contribution is 2.36. The molecule has 0 atom stereocenters. The Hall–Kier alpha value is -3.31. The standard InChI is InChI=1S/C21H24F2N4O5/c1-13(19(30)24-7-14-4-5-15(22)6-16(14)23)8-26-18(17(29)9-28)20(31)27(25(2)3)10-21(26)11-32-12-21/h4-6,8-9,29H,7,10-12H2,1-3H3,(H,24,30)/b13-8+,18-17+. The van der Waals surface area contributed by atoms with E-state index in [1.807, 2.05) is 0 Å². The summed E-state index contributed by atoms with van der Waals surface area (Å²) < 4.78 is 32.2. The predicted octanol–water partition coefficient (Wildman–Crippen LogP) is 0.843. The molecule has 2 aliphatic heterocycles. The normalized spacial score (nSPS) is 19.8. The van der Waals surface area contributed by atoms with Gasteiger partial charge in [-0.05, 0) is 13.0 Å². The van der Waals surface area contributed by atoms with Crippen LogP contribution in [0.1, 0.15) is 12.5 Å². The van der Waals surface area contributed by atoms with Gasteiger partial charge in [0, 0.05) is 44.0 Å². The molecule has 2 N–H and O–H groups in total. The fourth-order valence-electron chi connectivity index (χ4n) is 3.50. The number of benzene rings is 1. The van der Waals surface area contributed by atoms with Gasteiger partial charge in [0.25, 0.3) is 5.91 Å². The lowest BCUT2D eigenvalue weighted by molar-refractivity contribution is -0.183. The van der Waals surface area contributed by atoms with Crippen LogP contribution in [0, 0.1) is 11.6 Å². The molecule has 0 bridgehead atoms. The molecule has 11 heteroatoms. The zero-order valence-corrected chi connectivity index (χ0v) is 17.9. The van der Waals surface area contributed by atoms with Gasteiger partial charge >= 0.3 is 0 Å². The number of aliphatic hydroxyl groups excluding tert-OH is 1. The van der Waals surface area contributed by atoms with Gasteiger partial charge in [0.1, 0.15) is 17.2 Å². The van der Waals surface area contributed by atoms with Crippen molar-refractivity contribution in [3.05, 3.63) is 58.6 Å². The number of hydrazine groups is 1. The summed E-state index contributed by atoms with van der Waals surface area (Å²) >= 11 is 0. The Kier molecular flexibility index (Phi) is 6.60. The van der Waals surface area contributed by atoms with Gasteiger partial charge in [-0.2, -0.15) is 0 Å². The average Bonchev–Trinajstić information content (AvgIpc) is 2.71. The van der Waals surface area contributed by atoms with Crippen LogP contribution in [0.4, 0.5) is 8.78 Å². The Labute approximate surface area is 183 Å². The molecule has 3 rings (SSSR count). The van der Waals surface area contributed by atoms with E-state index in [0.29, 0.717) is 0 Å². The van der Waals surface area contributed by atoms with Gasteiger partial charge < -0.3 is 20.1 Å². The van der Waals surface area contributed by atoms with Crippen LogP contribution >= 0.6 is 0 Å². The minimum Gasteiger partial charge on any atom is -0.503 e. The Bertz CT molecular complexity index is 1000. The van der Waals surface area contributed by atoms with Crippen LogP contribution in [0.3, 0.4) is 0 Å². The van der Waals surface area contributed by atoms with E-state index in [4.69, 9.17) is 4.74 Å². The number of carbonyl (C=O) groups excluding carboxylic acids is 3. The second-order valence-corrected chi connectivity index (χ2v) is 7.88. The van der Waals surface area contributed by atoms with Gasteiger partial charge in [0.05, 0.1) is 19.8 Å². The first-order chi connectivity index (χ1) is 15.1. The molecule has 2 fully saturated rings. The summed E-state index contributed by atoms with van der Waals surface area (Å²) in [6, 6.07) is 3.04. The molecule has 9 nitrogen and oxygen atoms in total. The lowest BCUT2D eigenvalue weighted by Crippen LogP contribution is -2.72. The number of halogens is 2. The number of nitrogens with zero attached hydrogens (tertiary/aromatic N) is 3. The van der Waals surface area contributed by atoms with Gasteiger partial charge in [0.2, 0.25) is 5.91 Å². The van der Waals surface area contributed by atoms with Crippen molar-refractivity contribution in [2.45, 2.75) is 19.0 Å². The monoisotopic (exact) mass is 450 g/mol. The second kappa shape index (κ2) is 9.05. The van der Waals surface area contributed by atoms with Crippen molar-refractivity contribution in [2.75, 3.05) is 33.9 Å². The van der Waals surface area contributed by atoms with Crippen molar-refractivity contribution >= 4 is 18.1 Å². The van der Waals surface area contributed by atoms with Crippen LogP contribution in [0.5, 0.6) is 0 Å². The molecule has 2 saturated heterocycles. The largest absolute Gasteiger partial charge is 0.503 e. The molecule has 32 heavy (non-hydrogen) atoms. The lowest BCUT2D eigenvalue weighted by atomic mass is 9.90. The third kappa shape index (κ3) is 4.34. The number of aliphatic hydroxyl groups is 1. The van der Waals surface area contributed by atoms with E-state index in [1.165, 1.54) is 29.1 Å². The summed E-state index contributed by atoms with van der Waals surface area (Å²) in [5.74, 6) is -3.47. The van der Waals surface area contributed by atoms with Gasteiger partial charge in [-0.1, -0.05) is 6.07 Å². The Morgan fingerprint density at radius 1 is 1.34 bits per heavy atom. The van der Waals surface area contributed by atoms with E-state index in [1.54, 1.807) is 19.1 Å². The third-order valence-corrected chi connectivity index (χ3v) is 5.35. The van der Waals surface area contributed by atoms with Gasteiger partial charge in [-0.25, -0.2) is 13.8 Å². The number of hydrogen-bond donors (Lipinski definition) is 2. The zero-order valence-electron chi connectivity index (χ0n) is 17.9. The van der Waals surface area contributed by atoms with Gasteiger partial charge in [-0.15, -0.1) is 0 Å². The number of allylic oxidation sites excluding steroid dienone is 1. The molecule has 2 amide bonds. The summed E-state index contributed by atoms with van der Waals surface area (Å²) in [6.45, 7) is 1.90. The highest BCUT2D eigenvalue weighted by atomic mass is 19.1. The topological polar surface area (TPSA) is 102 Å². The maximum Gasteiger partial charge on any atom is 0.288 e. The minimum atomic E-state index is -0.788. The van der Waals surface area contributed by atoms with E-state index in [9.17, 15) is 28.3 Å². The maximum absolute atomic E-state index is 13.8. The molecule has 172 valence electrons. The quantitative estimate of drug-likeness (QED) is 0.376. The molecule has 0 aromatic heterocycles. The maximum atomic E-state index is 13.8. The molecular formula is C21H24F2N4O5. The second-order valence-electron chi connectivity index (χ2n) is 7.88. The Morgan fingerprint density at radius 3 is 2.56 bits per heavy atom. The van der Waals surface area contributed by atoms with Gasteiger partial charge in [0.15, 0.2) is 17.7 Å². The SMILES string of the molecule is C/C(=C\N1/C(=C(/O)C=O)C(=O)N(N(C)C)CC12COC2)C(=O)NCc1ccc(F)cc1F. The first-order valence-electron chi connectivity index (χ1n) is 9.75. The number of rotatable bonds is 6. The number of aldehydes is 1. The average molecular weight is 450 g/mol. The predicted molar refractivity (Wildman–Crippen MR) is 108 cm³/mol. The third-order valence-electron chi connectivity index (χ3n) is 5.35. The van der Waals surface area contributed by atoms with Crippen LogP contribution in [0.25, 0.3) is 0 Å². The van der Waals surface area contributed by atoms with E-state index >= 15 is 0 Å². The highest BCUT2D eigenvalue weighted by Gasteiger charge is 2.53. The van der Waals surface area contributed by atoms with Crippen LogP contribution in [0.15, 0.2) is 41.4 Å². The van der Waals surface area contributed by atoms with Crippen molar-refractivity contribution < 1.29 is 33.0 Å². The summed E-state index contributed by atoms with van der Waals surface area (Å²) in [6.07, 6.45) is 1.52. The number of hydrogen-bond acceptors (Lipinski definition) is 7. The first kappa shape index (κ1) is 23.4. The fourth-order valence-corrected chi connectivity index (χ4v) is 3.50. The zero-order chi connectivity index (χ0) is 23.6. The number of amides is 2. The molecule has 0 radical (unpaired) electrons. The van der Waals surface area contributed by atoms with Crippen molar-refractivity contribution in [2.24, 2.45) is 0 Å². The van der Waals surface area contributed by atoms with Crippen LogP contribution in [0.2, 0.25) is 0 Å². The number of piperazine rings is 1. The Morgan fingerprint density at radius 2 is 2.03 bits per heavy atom. The number of ether oxygens (including phenoxy) is 1. The summed E-state index contributed by atoms with van der Waals surface area (Å²) in [5, 5.41) is 15.6. The molecular weight excluding hydrogens is 426 g/mol. The molecule has 0 saturated carbocycles. The lowest BCUT2D eigenvalue weighted by Gasteiger charge is -2.55. The first-order valence-corrected chi connectivity index (χ1v) is 9.75. The van der Waals surface area contributed by atoms with Gasteiger partial charge in [-0.3, -0.25) is 19.4 Å². The molecule has 1 spiro atoms. The number of nitrogens with one attached hydrogen (secondary N) is 1. The van der Waals surface area contributed by atoms with Crippen molar-refractivity contribution in [1.82, 2.24) is 20.2 Å². The number of carbonyl (C=O) groups is 3. The van der Waals surface area contributed by atoms with E-state index in [0.717, 1.165) is 12.1 Å². The Balaban J connectivity index is 1.88. The smallest absolute Gasteiger partial charge is 0.288 e. The molecule has 1 aromatic rings. The van der Waals surface area contributed by atoms with Crippen LogP contribution in [-0.4, -0.2) is 77.5 Å². The van der Waals surface area contributed by atoms with Crippen LogP contribution in [-0.2, 0) is 25.7 Å². The summed E-state index contributed by atoms with van der Waals surface area (Å²) in [4.78, 5) is 38.3. The summed E-state index contributed by atoms with van der Waals surface area (Å²) in [5.41, 5.74) is -0.818. The molecule has 2 heterocycles. The molecule has 0 unspecified atom stereocenters. The molecule has 2 aliphatic rings. The van der Waals surface area contributed by atoms with E-state index < -0.39 is 34.7 Å². The summed E-state index contributed by atoms with van der Waals surface area (Å²) in [7, 11) is 3.30. The van der Waals surface area contributed by atoms with Crippen molar-refractivity contribution in [3.63, 3.8) is 0 Å². The van der Waals surface area contributed by atoms with E-state index in [-0.39, 0.29) is 49.4 Å². The van der Waals surface area contributed by atoms with Crippen molar-refractivity contribution in [1.29, 1.82) is 0 Å². The van der Waals surface area contributed by atoms with E-state index in [2.05, 4.69) is 5.32 Å². The highest BCUT2D eigenvalue weighted by molar-refractivity contribution is 5.99.